The fourth-order valence-corrected chi connectivity index (χ4v) is 2.16. The Hall–Kier alpha value is -2.47. The Morgan fingerprint density at radius 1 is 1.14 bits per heavy atom. The second-order valence-corrected chi connectivity index (χ2v) is 5.01. The minimum absolute atomic E-state index is 0.112. The van der Waals surface area contributed by atoms with Crippen LogP contribution in [-0.2, 0) is 4.79 Å². The van der Waals surface area contributed by atoms with Gasteiger partial charge in [-0.25, -0.2) is 5.48 Å². The standard InChI is InChI=1S/C16H19N3O3/c20-15(19-22)6-2-1-3-9-18-16(21)13-7-8-14-12(11-13)5-4-10-17-14/h4-5,7-8,10-11,22H,1-3,6,9H2,(H,18,21)(H,19,20). The third kappa shape index (κ3) is 4.53. The van der Waals surface area contributed by atoms with E-state index in [2.05, 4.69) is 10.3 Å². The molecule has 2 rings (SSSR count). The first-order valence-corrected chi connectivity index (χ1v) is 7.26. The van der Waals surface area contributed by atoms with E-state index in [4.69, 9.17) is 5.21 Å². The lowest BCUT2D eigenvalue weighted by Crippen LogP contribution is -2.24. The summed E-state index contributed by atoms with van der Waals surface area (Å²) in [5.41, 5.74) is 3.07. The van der Waals surface area contributed by atoms with E-state index in [9.17, 15) is 9.59 Å². The third-order valence-corrected chi connectivity index (χ3v) is 3.36. The molecule has 0 unspecified atom stereocenters. The maximum atomic E-state index is 12.0. The lowest BCUT2D eigenvalue weighted by Gasteiger charge is -2.06. The highest BCUT2D eigenvalue weighted by Gasteiger charge is 2.06. The Balaban J connectivity index is 1.75. The summed E-state index contributed by atoms with van der Waals surface area (Å²) >= 11 is 0. The first kappa shape index (κ1) is 15.9. The highest BCUT2D eigenvalue weighted by molar-refractivity contribution is 5.97. The van der Waals surface area contributed by atoms with Crippen molar-refractivity contribution >= 4 is 22.7 Å². The summed E-state index contributed by atoms with van der Waals surface area (Å²) in [6.07, 6.45) is 4.31. The maximum Gasteiger partial charge on any atom is 0.251 e. The number of rotatable bonds is 7. The van der Waals surface area contributed by atoms with E-state index < -0.39 is 0 Å². The summed E-state index contributed by atoms with van der Waals surface area (Å²) < 4.78 is 0. The van der Waals surface area contributed by atoms with Crippen LogP contribution in [0.3, 0.4) is 0 Å². The van der Waals surface area contributed by atoms with Gasteiger partial charge in [-0.05, 0) is 37.1 Å². The minimum Gasteiger partial charge on any atom is -0.352 e. The molecule has 0 aliphatic carbocycles. The lowest BCUT2D eigenvalue weighted by atomic mass is 10.1. The number of nitrogens with one attached hydrogen (secondary N) is 2. The van der Waals surface area contributed by atoms with Gasteiger partial charge in [0.15, 0.2) is 0 Å². The van der Waals surface area contributed by atoms with E-state index in [0.717, 1.165) is 23.7 Å². The number of carbonyl (C=O) groups is 2. The summed E-state index contributed by atoms with van der Waals surface area (Å²) in [5, 5.41) is 12.1. The van der Waals surface area contributed by atoms with E-state index in [0.29, 0.717) is 24.9 Å². The van der Waals surface area contributed by atoms with Crippen molar-refractivity contribution in [3.05, 3.63) is 42.1 Å². The molecule has 2 amide bonds. The molecule has 0 aliphatic rings. The third-order valence-electron chi connectivity index (χ3n) is 3.36. The number of nitrogens with zero attached hydrogens (tertiary/aromatic N) is 1. The molecule has 0 spiro atoms. The Bertz CT molecular complexity index is 658. The van der Waals surface area contributed by atoms with Crippen molar-refractivity contribution in [1.82, 2.24) is 15.8 Å². The van der Waals surface area contributed by atoms with Crippen molar-refractivity contribution in [1.29, 1.82) is 0 Å². The maximum absolute atomic E-state index is 12.0. The molecule has 1 aromatic heterocycles. The van der Waals surface area contributed by atoms with Crippen molar-refractivity contribution in [3.8, 4) is 0 Å². The predicted molar refractivity (Wildman–Crippen MR) is 82.5 cm³/mol. The van der Waals surface area contributed by atoms with Crippen LogP contribution in [0, 0.1) is 0 Å². The zero-order chi connectivity index (χ0) is 15.8. The van der Waals surface area contributed by atoms with Crippen LogP contribution in [0.1, 0.15) is 36.0 Å². The average molecular weight is 301 g/mol. The Morgan fingerprint density at radius 2 is 2.00 bits per heavy atom. The first-order chi connectivity index (χ1) is 10.7. The molecule has 0 atom stereocenters. The van der Waals surface area contributed by atoms with Gasteiger partial charge in [0.2, 0.25) is 5.91 Å². The highest BCUT2D eigenvalue weighted by Crippen LogP contribution is 2.13. The summed E-state index contributed by atoms with van der Waals surface area (Å²) in [4.78, 5) is 27.1. The van der Waals surface area contributed by atoms with E-state index in [1.807, 2.05) is 24.3 Å². The summed E-state index contributed by atoms with van der Waals surface area (Å²) in [5.74, 6) is -0.493. The summed E-state index contributed by atoms with van der Waals surface area (Å²) in [6, 6.07) is 9.18. The van der Waals surface area contributed by atoms with Gasteiger partial charge in [-0.15, -0.1) is 0 Å². The first-order valence-electron chi connectivity index (χ1n) is 7.26. The number of amides is 2. The van der Waals surface area contributed by atoms with Crippen LogP contribution in [0.4, 0.5) is 0 Å². The van der Waals surface area contributed by atoms with Gasteiger partial charge in [0.25, 0.3) is 5.91 Å². The fraction of sp³-hybridized carbons (Fsp3) is 0.312. The van der Waals surface area contributed by atoms with Gasteiger partial charge < -0.3 is 5.32 Å². The van der Waals surface area contributed by atoms with E-state index in [-0.39, 0.29) is 11.8 Å². The zero-order valence-corrected chi connectivity index (χ0v) is 12.2. The number of benzene rings is 1. The van der Waals surface area contributed by atoms with Gasteiger partial charge in [0.05, 0.1) is 5.52 Å². The molecule has 6 nitrogen and oxygen atoms in total. The SMILES string of the molecule is O=C(CCCCCNC(=O)c1ccc2ncccc2c1)NO. The number of hydroxylamine groups is 1. The molecule has 0 radical (unpaired) electrons. The molecule has 0 fully saturated rings. The summed E-state index contributed by atoms with van der Waals surface area (Å²) in [7, 11) is 0. The molecule has 1 heterocycles. The van der Waals surface area contributed by atoms with Crippen molar-refractivity contribution < 1.29 is 14.8 Å². The molecular formula is C16H19N3O3. The smallest absolute Gasteiger partial charge is 0.251 e. The quantitative estimate of drug-likeness (QED) is 0.414. The normalized spacial score (nSPS) is 10.4. The molecule has 2 aromatic rings. The van der Waals surface area contributed by atoms with E-state index in [1.165, 1.54) is 0 Å². The van der Waals surface area contributed by atoms with Crippen LogP contribution in [0.25, 0.3) is 10.9 Å². The van der Waals surface area contributed by atoms with Crippen molar-refractivity contribution in [2.24, 2.45) is 0 Å². The monoisotopic (exact) mass is 301 g/mol. The van der Waals surface area contributed by atoms with Gasteiger partial charge in [-0.3, -0.25) is 19.8 Å². The number of carbonyl (C=O) groups excluding carboxylic acids is 2. The van der Waals surface area contributed by atoms with E-state index in [1.54, 1.807) is 17.7 Å². The van der Waals surface area contributed by atoms with Crippen LogP contribution < -0.4 is 10.8 Å². The van der Waals surface area contributed by atoms with Crippen molar-refractivity contribution in [2.75, 3.05) is 6.54 Å². The van der Waals surface area contributed by atoms with Crippen LogP contribution >= 0.6 is 0 Å². The summed E-state index contributed by atoms with van der Waals surface area (Å²) in [6.45, 7) is 0.560. The number of fused-ring (bicyclic) bond motifs is 1. The van der Waals surface area contributed by atoms with E-state index >= 15 is 0 Å². The molecule has 0 saturated heterocycles. The average Bonchev–Trinajstić information content (AvgIpc) is 2.56. The number of hydrogen-bond donors (Lipinski definition) is 3. The van der Waals surface area contributed by atoms with Crippen molar-refractivity contribution in [2.45, 2.75) is 25.7 Å². The van der Waals surface area contributed by atoms with Gasteiger partial charge in [0, 0.05) is 30.1 Å². The molecule has 1 aromatic carbocycles. The zero-order valence-electron chi connectivity index (χ0n) is 12.2. The lowest BCUT2D eigenvalue weighted by molar-refractivity contribution is -0.129. The molecule has 3 N–H and O–H groups in total. The molecule has 6 heteroatoms. The highest BCUT2D eigenvalue weighted by atomic mass is 16.5. The second kappa shape index (κ2) is 8.09. The predicted octanol–water partition coefficient (Wildman–Crippen LogP) is 2.03. The van der Waals surface area contributed by atoms with Gasteiger partial charge in [-0.1, -0.05) is 12.5 Å². The number of hydrogen-bond acceptors (Lipinski definition) is 4. The molecule has 116 valence electrons. The van der Waals surface area contributed by atoms with Gasteiger partial charge in [-0.2, -0.15) is 0 Å². The topological polar surface area (TPSA) is 91.3 Å². The molecule has 22 heavy (non-hydrogen) atoms. The second-order valence-electron chi connectivity index (χ2n) is 5.01. The molecular weight excluding hydrogens is 282 g/mol. The Labute approximate surface area is 128 Å². The molecule has 0 saturated carbocycles. The molecule has 0 bridgehead atoms. The minimum atomic E-state index is -0.381. The number of aromatic nitrogens is 1. The van der Waals surface area contributed by atoms with Gasteiger partial charge >= 0.3 is 0 Å². The number of unbranched alkanes of at least 4 members (excludes halogenated alkanes) is 2. The number of pyridine rings is 1. The Kier molecular flexibility index (Phi) is 5.85. The Morgan fingerprint density at radius 3 is 2.82 bits per heavy atom. The molecule has 0 aliphatic heterocycles. The fourth-order valence-electron chi connectivity index (χ4n) is 2.16. The van der Waals surface area contributed by atoms with Crippen LogP contribution in [0.2, 0.25) is 0 Å². The van der Waals surface area contributed by atoms with Crippen LogP contribution in [-0.4, -0.2) is 28.6 Å². The van der Waals surface area contributed by atoms with Crippen molar-refractivity contribution in [3.63, 3.8) is 0 Å². The largest absolute Gasteiger partial charge is 0.352 e. The van der Waals surface area contributed by atoms with Gasteiger partial charge in [0.1, 0.15) is 0 Å². The van der Waals surface area contributed by atoms with Crippen LogP contribution in [0.5, 0.6) is 0 Å². The van der Waals surface area contributed by atoms with Crippen LogP contribution in [0.15, 0.2) is 36.5 Å².